The fraction of sp³-hybridized carbons (Fsp3) is 0.444. The Kier molecular flexibility index (Phi) is 6.02. The molecule has 0 saturated heterocycles. The maximum Gasteiger partial charge on any atom is 0.407 e. The summed E-state index contributed by atoms with van der Waals surface area (Å²) in [5, 5.41) is 14.9. The van der Waals surface area contributed by atoms with Crippen molar-refractivity contribution < 1.29 is 24.2 Å². The summed E-state index contributed by atoms with van der Waals surface area (Å²) in [6, 6.07) is 15.5. The zero-order valence-electron chi connectivity index (χ0n) is 19.1. The van der Waals surface area contributed by atoms with E-state index in [-0.39, 0.29) is 24.9 Å². The summed E-state index contributed by atoms with van der Waals surface area (Å²) in [6.45, 7) is 0.181. The van der Waals surface area contributed by atoms with Crippen LogP contribution in [0.1, 0.15) is 62.0 Å². The highest BCUT2D eigenvalue weighted by Crippen LogP contribution is 2.44. The first-order valence-corrected chi connectivity index (χ1v) is 12.1. The molecule has 0 unspecified atom stereocenters. The number of hydrogen-bond donors (Lipinski definition) is 3. The van der Waals surface area contributed by atoms with Crippen LogP contribution in [-0.4, -0.2) is 41.3 Å². The molecule has 0 bridgehead atoms. The van der Waals surface area contributed by atoms with E-state index in [0.717, 1.165) is 41.5 Å². The minimum Gasteiger partial charge on any atom is -0.481 e. The summed E-state index contributed by atoms with van der Waals surface area (Å²) in [6.07, 6.45) is 4.08. The van der Waals surface area contributed by atoms with Gasteiger partial charge in [0.25, 0.3) is 0 Å². The lowest BCUT2D eigenvalue weighted by atomic mass is 9.74. The molecule has 34 heavy (non-hydrogen) atoms. The predicted molar refractivity (Wildman–Crippen MR) is 126 cm³/mol. The maximum absolute atomic E-state index is 13.0. The number of nitrogens with one attached hydrogen (secondary N) is 2. The van der Waals surface area contributed by atoms with Gasteiger partial charge in [0.15, 0.2) is 0 Å². The van der Waals surface area contributed by atoms with Crippen molar-refractivity contribution in [1.82, 2.24) is 10.6 Å². The van der Waals surface area contributed by atoms with Crippen molar-refractivity contribution in [1.29, 1.82) is 0 Å². The fourth-order valence-corrected chi connectivity index (χ4v) is 5.29. The molecule has 2 amide bonds. The third-order valence-electron chi connectivity index (χ3n) is 7.41. The van der Waals surface area contributed by atoms with E-state index in [1.807, 2.05) is 24.3 Å². The van der Waals surface area contributed by atoms with Gasteiger partial charge in [-0.3, -0.25) is 9.59 Å². The molecule has 3 aliphatic rings. The van der Waals surface area contributed by atoms with Crippen molar-refractivity contribution in [2.24, 2.45) is 5.92 Å². The minimum atomic E-state index is -0.928. The van der Waals surface area contributed by atoms with Gasteiger partial charge < -0.3 is 20.5 Å². The highest BCUT2D eigenvalue weighted by atomic mass is 16.5. The molecule has 2 aromatic carbocycles. The molecule has 0 spiro atoms. The Bertz CT molecular complexity index is 1060. The molecule has 2 fully saturated rings. The van der Waals surface area contributed by atoms with E-state index in [1.165, 1.54) is 0 Å². The lowest BCUT2D eigenvalue weighted by Gasteiger charge is -2.42. The molecule has 3 aliphatic carbocycles. The van der Waals surface area contributed by atoms with Gasteiger partial charge in [-0.25, -0.2) is 4.79 Å². The number of benzene rings is 2. The number of rotatable bonds is 9. The average Bonchev–Trinajstić information content (AvgIpc) is 3.56. The largest absolute Gasteiger partial charge is 0.481 e. The molecular formula is C27H30N2O5. The number of alkyl carbamates (subject to hydrolysis) is 1. The second kappa shape index (κ2) is 9.12. The quantitative estimate of drug-likeness (QED) is 0.518. The first-order chi connectivity index (χ1) is 16.4. The number of aliphatic carboxylic acids is 1. The van der Waals surface area contributed by atoms with Crippen LogP contribution in [0.2, 0.25) is 0 Å². The second-order valence-electron chi connectivity index (χ2n) is 9.90. The molecule has 3 N–H and O–H groups in total. The van der Waals surface area contributed by atoms with E-state index in [2.05, 4.69) is 34.9 Å². The zero-order valence-corrected chi connectivity index (χ0v) is 19.1. The van der Waals surface area contributed by atoms with Gasteiger partial charge in [-0.2, -0.15) is 0 Å². The first kappa shape index (κ1) is 22.4. The number of ether oxygens (including phenoxy) is 1. The summed E-state index contributed by atoms with van der Waals surface area (Å²) >= 11 is 0. The van der Waals surface area contributed by atoms with Crippen LogP contribution in [0.4, 0.5) is 4.79 Å². The lowest BCUT2D eigenvalue weighted by molar-refractivity contribution is -0.140. The Morgan fingerprint density at radius 1 is 1.00 bits per heavy atom. The predicted octanol–water partition coefficient (Wildman–Crippen LogP) is 4.21. The van der Waals surface area contributed by atoms with Crippen LogP contribution in [0.5, 0.6) is 0 Å². The molecule has 7 nitrogen and oxygen atoms in total. The second-order valence-corrected chi connectivity index (χ2v) is 9.90. The van der Waals surface area contributed by atoms with Gasteiger partial charge in [0.2, 0.25) is 5.91 Å². The smallest absolute Gasteiger partial charge is 0.407 e. The molecule has 1 atom stereocenters. The number of carbonyl (C=O) groups excluding carboxylic acids is 2. The van der Waals surface area contributed by atoms with Crippen LogP contribution < -0.4 is 10.6 Å². The van der Waals surface area contributed by atoms with Gasteiger partial charge in [0, 0.05) is 5.92 Å². The third-order valence-corrected chi connectivity index (χ3v) is 7.41. The minimum absolute atomic E-state index is 0.0531. The Labute approximate surface area is 198 Å². The topological polar surface area (TPSA) is 105 Å². The number of fused-ring (bicyclic) bond motifs is 3. The number of carboxylic acids is 1. The summed E-state index contributed by atoms with van der Waals surface area (Å²) in [7, 11) is 0. The van der Waals surface area contributed by atoms with E-state index in [1.54, 1.807) is 0 Å². The van der Waals surface area contributed by atoms with Crippen molar-refractivity contribution in [2.45, 2.75) is 62.4 Å². The van der Waals surface area contributed by atoms with E-state index in [0.29, 0.717) is 25.2 Å². The van der Waals surface area contributed by atoms with Crippen LogP contribution in [0, 0.1) is 5.92 Å². The Morgan fingerprint density at radius 3 is 2.15 bits per heavy atom. The summed E-state index contributed by atoms with van der Waals surface area (Å²) in [5.74, 6) is -0.895. The van der Waals surface area contributed by atoms with Crippen molar-refractivity contribution in [3.8, 4) is 11.1 Å². The molecule has 0 aromatic heterocycles. The number of hydrogen-bond acceptors (Lipinski definition) is 4. The number of carboxylic acid groups (broad SMARTS) is 1. The summed E-state index contributed by atoms with van der Waals surface area (Å²) in [5.41, 5.74) is 3.87. The van der Waals surface area contributed by atoms with Crippen LogP contribution in [0.3, 0.4) is 0 Å². The van der Waals surface area contributed by atoms with Crippen LogP contribution >= 0.6 is 0 Å². The Balaban J connectivity index is 1.23. The molecule has 178 valence electrons. The molecular weight excluding hydrogens is 432 g/mol. The highest BCUT2D eigenvalue weighted by molar-refractivity contribution is 5.87. The molecule has 5 rings (SSSR count). The molecule has 0 radical (unpaired) electrons. The van der Waals surface area contributed by atoms with E-state index in [4.69, 9.17) is 4.74 Å². The van der Waals surface area contributed by atoms with Crippen LogP contribution in [0.25, 0.3) is 11.1 Å². The fourth-order valence-electron chi connectivity index (χ4n) is 5.29. The zero-order chi connectivity index (χ0) is 23.7. The Morgan fingerprint density at radius 2 is 1.62 bits per heavy atom. The SMILES string of the molecule is O=C(O)CC1(NC(=O)[C@H](CC2CC2)NC(=O)OCC2c3ccccc3-c3ccccc32)CCC1. The summed E-state index contributed by atoms with van der Waals surface area (Å²) < 4.78 is 5.63. The lowest BCUT2D eigenvalue weighted by Crippen LogP contribution is -2.59. The van der Waals surface area contributed by atoms with E-state index < -0.39 is 23.6 Å². The highest BCUT2D eigenvalue weighted by Gasteiger charge is 2.42. The van der Waals surface area contributed by atoms with Crippen LogP contribution in [0.15, 0.2) is 48.5 Å². The molecule has 0 heterocycles. The monoisotopic (exact) mass is 462 g/mol. The van der Waals surface area contributed by atoms with Gasteiger partial charge in [-0.1, -0.05) is 61.4 Å². The van der Waals surface area contributed by atoms with Gasteiger partial charge >= 0.3 is 12.1 Å². The van der Waals surface area contributed by atoms with Gasteiger partial charge in [0.05, 0.1) is 12.0 Å². The van der Waals surface area contributed by atoms with Crippen LogP contribution in [-0.2, 0) is 14.3 Å². The summed E-state index contributed by atoms with van der Waals surface area (Å²) in [4.78, 5) is 37.1. The van der Waals surface area contributed by atoms with Crippen molar-refractivity contribution >= 4 is 18.0 Å². The maximum atomic E-state index is 13.0. The molecule has 0 aliphatic heterocycles. The van der Waals surface area contributed by atoms with Gasteiger partial charge in [-0.05, 0) is 53.9 Å². The molecule has 7 heteroatoms. The number of amides is 2. The Hall–Kier alpha value is -3.35. The molecule has 2 aromatic rings. The third kappa shape index (κ3) is 4.65. The molecule has 2 saturated carbocycles. The van der Waals surface area contributed by atoms with Crippen molar-refractivity contribution in [3.63, 3.8) is 0 Å². The van der Waals surface area contributed by atoms with Crippen molar-refractivity contribution in [2.75, 3.05) is 6.61 Å². The number of carbonyl (C=O) groups is 3. The average molecular weight is 463 g/mol. The van der Waals surface area contributed by atoms with Crippen molar-refractivity contribution in [3.05, 3.63) is 59.7 Å². The standard InChI is InChI=1S/C27H30N2O5/c30-24(31)15-27(12-5-13-27)29-25(32)23(14-17-10-11-17)28-26(33)34-16-22-20-8-3-1-6-18(20)19-7-2-4-9-21(19)22/h1-4,6-9,17,22-23H,5,10-16H2,(H,28,33)(H,29,32)(H,30,31)/t23-/m0/s1. The normalized spacial score (nSPS) is 18.7. The van der Waals surface area contributed by atoms with E-state index in [9.17, 15) is 19.5 Å². The van der Waals surface area contributed by atoms with Gasteiger partial charge in [-0.15, -0.1) is 0 Å². The van der Waals surface area contributed by atoms with Gasteiger partial charge in [0.1, 0.15) is 12.6 Å². The first-order valence-electron chi connectivity index (χ1n) is 12.1. The van der Waals surface area contributed by atoms with E-state index >= 15 is 0 Å².